The van der Waals surface area contributed by atoms with Crippen molar-refractivity contribution >= 4 is 11.6 Å². The average molecular weight is 290 g/mol. The van der Waals surface area contributed by atoms with Gasteiger partial charge in [0.15, 0.2) is 0 Å². The SMILES string of the molecule is CCNc1ccc(C(=O)NCCOC2CCCC2)c(C)c1. The van der Waals surface area contributed by atoms with E-state index in [-0.39, 0.29) is 5.91 Å². The van der Waals surface area contributed by atoms with Crippen LogP contribution in [0, 0.1) is 6.92 Å². The van der Waals surface area contributed by atoms with Crippen LogP contribution in [-0.4, -0.2) is 31.7 Å². The van der Waals surface area contributed by atoms with E-state index in [1.807, 2.05) is 25.1 Å². The molecule has 0 bridgehead atoms. The maximum absolute atomic E-state index is 12.1. The number of carbonyl (C=O) groups excluding carboxylic acids is 1. The van der Waals surface area contributed by atoms with Gasteiger partial charge in [0, 0.05) is 24.3 Å². The Bertz CT molecular complexity index is 468. The molecular formula is C17H26N2O2. The molecule has 1 fully saturated rings. The number of anilines is 1. The van der Waals surface area contributed by atoms with Gasteiger partial charge in [0.1, 0.15) is 0 Å². The van der Waals surface area contributed by atoms with Crippen molar-refractivity contribution in [3.05, 3.63) is 29.3 Å². The van der Waals surface area contributed by atoms with Crippen LogP contribution in [0.3, 0.4) is 0 Å². The summed E-state index contributed by atoms with van der Waals surface area (Å²) < 4.78 is 5.75. The Morgan fingerprint density at radius 3 is 2.76 bits per heavy atom. The number of carbonyl (C=O) groups is 1. The van der Waals surface area contributed by atoms with Gasteiger partial charge in [-0.3, -0.25) is 4.79 Å². The predicted molar refractivity (Wildman–Crippen MR) is 85.9 cm³/mol. The lowest BCUT2D eigenvalue weighted by atomic mass is 10.1. The summed E-state index contributed by atoms with van der Waals surface area (Å²) in [5, 5.41) is 6.18. The smallest absolute Gasteiger partial charge is 0.251 e. The molecule has 0 unspecified atom stereocenters. The zero-order chi connectivity index (χ0) is 15.1. The Labute approximate surface area is 127 Å². The first-order valence-corrected chi connectivity index (χ1v) is 7.95. The summed E-state index contributed by atoms with van der Waals surface area (Å²) in [6, 6.07) is 5.83. The largest absolute Gasteiger partial charge is 0.385 e. The lowest BCUT2D eigenvalue weighted by molar-refractivity contribution is 0.0581. The zero-order valence-corrected chi connectivity index (χ0v) is 13.1. The second-order valence-electron chi connectivity index (χ2n) is 5.59. The molecule has 0 aliphatic heterocycles. The Morgan fingerprint density at radius 1 is 1.33 bits per heavy atom. The normalized spacial score (nSPS) is 15.1. The van der Waals surface area contributed by atoms with Crippen molar-refractivity contribution in [3.8, 4) is 0 Å². The summed E-state index contributed by atoms with van der Waals surface area (Å²) in [4.78, 5) is 12.1. The molecule has 2 N–H and O–H groups in total. The molecule has 1 aliphatic carbocycles. The van der Waals surface area contributed by atoms with Crippen LogP contribution in [0.15, 0.2) is 18.2 Å². The monoisotopic (exact) mass is 290 g/mol. The van der Waals surface area contributed by atoms with Crippen LogP contribution < -0.4 is 10.6 Å². The van der Waals surface area contributed by atoms with Crippen molar-refractivity contribution in [1.29, 1.82) is 0 Å². The third-order valence-electron chi connectivity index (χ3n) is 3.90. The van der Waals surface area contributed by atoms with Crippen molar-refractivity contribution < 1.29 is 9.53 Å². The third kappa shape index (κ3) is 4.74. The number of hydrogen-bond donors (Lipinski definition) is 2. The van der Waals surface area contributed by atoms with Crippen LogP contribution in [0.5, 0.6) is 0 Å². The van der Waals surface area contributed by atoms with E-state index in [2.05, 4.69) is 17.6 Å². The fourth-order valence-corrected chi connectivity index (χ4v) is 2.77. The van der Waals surface area contributed by atoms with E-state index in [1.54, 1.807) is 0 Å². The van der Waals surface area contributed by atoms with Crippen LogP contribution in [-0.2, 0) is 4.74 Å². The molecule has 1 aromatic carbocycles. The Morgan fingerprint density at radius 2 is 2.10 bits per heavy atom. The molecular weight excluding hydrogens is 264 g/mol. The second-order valence-corrected chi connectivity index (χ2v) is 5.59. The first-order chi connectivity index (χ1) is 10.2. The number of amides is 1. The van der Waals surface area contributed by atoms with Gasteiger partial charge < -0.3 is 15.4 Å². The van der Waals surface area contributed by atoms with Gasteiger partial charge in [0.2, 0.25) is 0 Å². The number of hydrogen-bond acceptors (Lipinski definition) is 3. The lowest BCUT2D eigenvalue weighted by Crippen LogP contribution is -2.29. The molecule has 1 amide bonds. The summed E-state index contributed by atoms with van der Waals surface area (Å²) in [5.41, 5.74) is 2.77. The van der Waals surface area contributed by atoms with Gasteiger partial charge >= 0.3 is 0 Å². The molecule has 0 saturated heterocycles. The average Bonchev–Trinajstić information content (AvgIpc) is 2.97. The van der Waals surface area contributed by atoms with Crippen molar-refractivity contribution in [1.82, 2.24) is 5.32 Å². The Kier molecular flexibility index (Phi) is 6.05. The number of ether oxygens (including phenoxy) is 1. The number of benzene rings is 1. The number of aryl methyl sites for hydroxylation is 1. The standard InChI is InChI=1S/C17H26N2O2/c1-3-18-14-8-9-16(13(2)12-14)17(20)19-10-11-21-15-6-4-5-7-15/h8-9,12,15,18H,3-7,10-11H2,1-2H3,(H,19,20). The Hall–Kier alpha value is -1.55. The van der Waals surface area contributed by atoms with E-state index < -0.39 is 0 Å². The molecule has 0 spiro atoms. The van der Waals surface area contributed by atoms with E-state index in [0.29, 0.717) is 19.3 Å². The van der Waals surface area contributed by atoms with Gasteiger partial charge in [0.25, 0.3) is 5.91 Å². The fraction of sp³-hybridized carbons (Fsp3) is 0.588. The van der Waals surface area contributed by atoms with Gasteiger partial charge in [-0.05, 0) is 50.5 Å². The van der Waals surface area contributed by atoms with Gasteiger partial charge in [-0.1, -0.05) is 12.8 Å². The molecule has 1 saturated carbocycles. The van der Waals surface area contributed by atoms with Gasteiger partial charge in [-0.25, -0.2) is 0 Å². The van der Waals surface area contributed by atoms with Crippen molar-refractivity contribution in [3.63, 3.8) is 0 Å². The molecule has 2 rings (SSSR count). The minimum absolute atomic E-state index is 0.0226. The highest BCUT2D eigenvalue weighted by molar-refractivity contribution is 5.96. The maximum Gasteiger partial charge on any atom is 0.251 e. The van der Waals surface area contributed by atoms with E-state index in [9.17, 15) is 4.79 Å². The van der Waals surface area contributed by atoms with Crippen LogP contribution in [0.1, 0.15) is 48.5 Å². The van der Waals surface area contributed by atoms with E-state index in [4.69, 9.17) is 4.74 Å². The maximum atomic E-state index is 12.1. The van der Waals surface area contributed by atoms with Crippen molar-refractivity contribution in [2.24, 2.45) is 0 Å². The highest BCUT2D eigenvalue weighted by atomic mass is 16.5. The minimum atomic E-state index is -0.0226. The fourth-order valence-electron chi connectivity index (χ4n) is 2.77. The lowest BCUT2D eigenvalue weighted by Gasteiger charge is -2.13. The van der Waals surface area contributed by atoms with Gasteiger partial charge in [-0.15, -0.1) is 0 Å². The van der Waals surface area contributed by atoms with Crippen LogP contribution in [0.4, 0.5) is 5.69 Å². The van der Waals surface area contributed by atoms with Crippen molar-refractivity contribution in [2.45, 2.75) is 45.6 Å². The van der Waals surface area contributed by atoms with E-state index in [0.717, 1.165) is 23.4 Å². The molecule has 116 valence electrons. The quantitative estimate of drug-likeness (QED) is 0.759. The summed E-state index contributed by atoms with van der Waals surface area (Å²) in [7, 11) is 0. The van der Waals surface area contributed by atoms with Crippen LogP contribution in [0.25, 0.3) is 0 Å². The van der Waals surface area contributed by atoms with E-state index in [1.165, 1.54) is 25.7 Å². The number of rotatable bonds is 7. The highest BCUT2D eigenvalue weighted by Gasteiger charge is 2.15. The first-order valence-electron chi connectivity index (χ1n) is 7.95. The molecule has 1 aliphatic rings. The third-order valence-corrected chi connectivity index (χ3v) is 3.90. The molecule has 0 radical (unpaired) electrons. The summed E-state index contributed by atoms with van der Waals surface area (Å²) in [6.07, 6.45) is 5.28. The summed E-state index contributed by atoms with van der Waals surface area (Å²) in [5.74, 6) is -0.0226. The second kappa shape index (κ2) is 8.03. The molecule has 1 aromatic rings. The van der Waals surface area contributed by atoms with E-state index >= 15 is 0 Å². The summed E-state index contributed by atoms with van der Waals surface area (Å²) >= 11 is 0. The molecule has 0 atom stereocenters. The molecule has 4 heteroatoms. The zero-order valence-electron chi connectivity index (χ0n) is 13.1. The molecule has 0 aromatic heterocycles. The topological polar surface area (TPSA) is 50.4 Å². The molecule has 21 heavy (non-hydrogen) atoms. The van der Waals surface area contributed by atoms with Crippen LogP contribution >= 0.6 is 0 Å². The van der Waals surface area contributed by atoms with Crippen molar-refractivity contribution in [2.75, 3.05) is 25.0 Å². The highest BCUT2D eigenvalue weighted by Crippen LogP contribution is 2.20. The first kappa shape index (κ1) is 15.8. The minimum Gasteiger partial charge on any atom is -0.385 e. The molecule has 0 heterocycles. The predicted octanol–water partition coefficient (Wildman–Crippen LogP) is 3.12. The van der Waals surface area contributed by atoms with Crippen LogP contribution in [0.2, 0.25) is 0 Å². The van der Waals surface area contributed by atoms with Gasteiger partial charge in [0.05, 0.1) is 12.7 Å². The number of nitrogens with one attached hydrogen (secondary N) is 2. The Balaban J connectivity index is 1.77. The summed E-state index contributed by atoms with van der Waals surface area (Å²) in [6.45, 7) is 6.07. The van der Waals surface area contributed by atoms with Gasteiger partial charge in [-0.2, -0.15) is 0 Å². The molecule has 4 nitrogen and oxygen atoms in total.